The monoisotopic (exact) mass is 1240 g/mol. The average Bonchev–Trinajstić information content (AvgIpc) is 1.59. The summed E-state index contributed by atoms with van der Waals surface area (Å²) in [6.45, 7) is 0. The molecule has 18 rings (SSSR count). The van der Waals surface area contributed by atoms with Crippen LogP contribution in [0.15, 0.2) is 364 Å². The van der Waals surface area contributed by atoms with Gasteiger partial charge in [0.25, 0.3) is 0 Å². The maximum atomic E-state index is 2.91. The van der Waals surface area contributed by atoms with Gasteiger partial charge in [0.15, 0.2) is 0 Å². The van der Waals surface area contributed by atoms with E-state index in [0.717, 1.165) is 30.6 Å². The number of aryl methyl sites for hydroxylation is 1. The molecule has 1 heterocycles. The van der Waals surface area contributed by atoms with Crippen molar-refractivity contribution in [2.24, 2.45) is 0 Å². The molecule has 0 N–H and O–H groups in total. The summed E-state index contributed by atoms with van der Waals surface area (Å²) in [6, 6.07) is 139. The molecule has 0 saturated carbocycles. The van der Waals surface area contributed by atoms with Crippen LogP contribution in [0.4, 0.5) is 22.7 Å². The third-order valence-electron chi connectivity index (χ3n) is 21.2. The van der Waals surface area contributed by atoms with E-state index in [0.29, 0.717) is 6.42 Å². The van der Waals surface area contributed by atoms with Crippen molar-refractivity contribution < 1.29 is 0 Å². The Balaban J connectivity index is 1.03. The molecule has 0 saturated heterocycles. The van der Waals surface area contributed by atoms with E-state index in [-0.39, 0.29) is 11.8 Å². The van der Waals surface area contributed by atoms with Crippen LogP contribution in [0.1, 0.15) is 46.9 Å². The first kappa shape index (κ1) is 57.8. The number of nitrogens with zero attached hydrogens (tertiary/aromatic N) is 2. The van der Waals surface area contributed by atoms with Crippen LogP contribution in [0.25, 0.3) is 110 Å². The fraction of sp³-hybridized carbons (Fsp3) is 0.0737. The molecule has 2 heteroatoms. The van der Waals surface area contributed by atoms with Crippen LogP contribution in [0.3, 0.4) is 0 Å². The molecule has 2 aliphatic rings. The van der Waals surface area contributed by atoms with Crippen molar-refractivity contribution in [2.75, 3.05) is 9.80 Å². The first-order chi connectivity index (χ1) is 48.1. The second kappa shape index (κ2) is 24.5. The van der Waals surface area contributed by atoms with Crippen LogP contribution in [0, 0.1) is 0 Å². The zero-order valence-corrected chi connectivity index (χ0v) is 54.0. The van der Waals surface area contributed by atoms with Crippen molar-refractivity contribution in [3.63, 3.8) is 0 Å². The molecule has 1 spiro atoms. The van der Waals surface area contributed by atoms with E-state index in [1.54, 1.807) is 0 Å². The Hall–Kier alpha value is -11.8. The normalized spacial score (nSPS) is 14.8. The largest absolute Gasteiger partial charge is 0.316 e. The maximum absolute atomic E-state index is 2.91. The Morgan fingerprint density at radius 3 is 1.05 bits per heavy atom. The minimum Gasteiger partial charge on any atom is -0.316 e. The summed E-state index contributed by atoms with van der Waals surface area (Å²) >= 11 is 0. The van der Waals surface area contributed by atoms with Crippen molar-refractivity contribution in [1.29, 1.82) is 0 Å². The van der Waals surface area contributed by atoms with Gasteiger partial charge in [-0.25, -0.2) is 0 Å². The van der Waals surface area contributed by atoms with E-state index >= 15 is 0 Å². The Morgan fingerprint density at radius 2 is 0.619 bits per heavy atom. The average molecular weight is 1240 g/mol. The quantitative estimate of drug-likeness (QED) is 0.135. The molecule has 97 heavy (non-hydrogen) atoms. The van der Waals surface area contributed by atoms with Crippen LogP contribution in [-0.2, 0) is 12.8 Å². The van der Waals surface area contributed by atoms with E-state index < -0.39 is 5.66 Å². The summed E-state index contributed by atoms with van der Waals surface area (Å²) in [5, 5.41) is 9.85. The predicted octanol–water partition coefficient (Wildman–Crippen LogP) is 25.4. The second-order valence-electron chi connectivity index (χ2n) is 26.6. The third kappa shape index (κ3) is 10.2. The first-order valence-electron chi connectivity index (χ1n) is 34.4. The Kier molecular flexibility index (Phi) is 14.6. The standard InChI is InChI=1S/C95H70N2/c1-5-21-66(22-6-1)70-40-37-65(38-41-70)39-60-88-87-59-52-76-30-14-18-34-84(76)92(87)91-79(47-46-75-29-13-17-33-83(75)91)63-80(74-44-42-71(43-45-74)67-23-7-2-8-24-67)64-95(88)96(81-55-48-72(49-56-81)68-25-9-3-10-26-68)89-61-53-77-31-15-19-35-85(77)93(89)94-86-36-20-16-32-78(86)54-62-90(94)97(95)82-57-50-73(51-58-82)69-27-11-4-12-28-69/h1-38,40-59,61-62,80,88H,39,60,63-64H2. The SMILES string of the molecule is c1ccc(-c2ccc(CCC3c4ccc5ccccc5c4-c4c(ccc5ccccc45)CC(c4ccc(-c5ccccc5)cc4)CC34N(c3ccc(-c5ccccc5)cc3)c3ccc5ccccc5c3-c3c(ccc5ccccc35)N4c3ccc(-c4ccccc4)cc3)cc2)cc1. The maximum Gasteiger partial charge on any atom is 0.129 e. The number of fused-ring (bicyclic) bond motifs is 14. The van der Waals surface area contributed by atoms with E-state index in [1.807, 2.05) is 0 Å². The van der Waals surface area contributed by atoms with Gasteiger partial charge in [-0.3, -0.25) is 0 Å². The molecule has 0 aromatic heterocycles. The van der Waals surface area contributed by atoms with Crippen molar-refractivity contribution >= 4 is 65.8 Å². The van der Waals surface area contributed by atoms with Crippen LogP contribution in [0.2, 0.25) is 0 Å². The Bertz CT molecular complexity index is 5380. The van der Waals surface area contributed by atoms with E-state index in [9.17, 15) is 0 Å². The van der Waals surface area contributed by atoms with Crippen molar-refractivity contribution in [2.45, 2.75) is 43.2 Å². The fourth-order valence-corrected chi connectivity index (χ4v) is 16.8. The summed E-state index contributed by atoms with van der Waals surface area (Å²) in [6.07, 6.45) is 3.08. The lowest BCUT2D eigenvalue weighted by atomic mass is 9.71. The molecule has 16 aromatic carbocycles. The molecule has 1 aliphatic heterocycles. The lowest BCUT2D eigenvalue weighted by Gasteiger charge is -2.57. The van der Waals surface area contributed by atoms with Crippen LogP contribution >= 0.6 is 0 Å². The number of hydrogen-bond acceptors (Lipinski definition) is 2. The highest BCUT2D eigenvalue weighted by Gasteiger charge is 2.56. The molecule has 460 valence electrons. The van der Waals surface area contributed by atoms with Gasteiger partial charge in [0.1, 0.15) is 5.66 Å². The van der Waals surface area contributed by atoms with Gasteiger partial charge in [-0.2, -0.15) is 0 Å². The molecular formula is C95H70N2. The van der Waals surface area contributed by atoms with Crippen molar-refractivity contribution in [3.8, 4) is 66.8 Å². The highest BCUT2D eigenvalue weighted by molar-refractivity contribution is 6.17. The topological polar surface area (TPSA) is 6.48 Å². The fourth-order valence-electron chi connectivity index (χ4n) is 16.8. The van der Waals surface area contributed by atoms with E-state index in [2.05, 4.69) is 374 Å². The van der Waals surface area contributed by atoms with Gasteiger partial charge < -0.3 is 9.80 Å². The molecule has 16 aromatic rings. The molecule has 2 unspecified atom stereocenters. The summed E-state index contributed by atoms with van der Waals surface area (Å²) in [4.78, 5) is 5.82. The minimum atomic E-state index is -0.991. The summed E-state index contributed by atoms with van der Waals surface area (Å²) in [7, 11) is 0. The lowest BCUT2D eigenvalue weighted by molar-refractivity contribution is 0.287. The zero-order valence-electron chi connectivity index (χ0n) is 54.0. The van der Waals surface area contributed by atoms with Gasteiger partial charge >= 0.3 is 0 Å². The predicted molar refractivity (Wildman–Crippen MR) is 410 cm³/mol. The molecule has 2 nitrogen and oxygen atoms in total. The van der Waals surface area contributed by atoms with Crippen LogP contribution in [-0.4, -0.2) is 5.66 Å². The van der Waals surface area contributed by atoms with Crippen molar-refractivity contribution in [1.82, 2.24) is 0 Å². The van der Waals surface area contributed by atoms with Crippen LogP contribution in [0.5, 0.6) is 0 Å². The third-order valence-corrected chi connectivity index (χ3v) is 21.2. The molecule has 0 radical (unpaired) electrons. The summed E-state index contributed by atoms with van der Waals surface area (Å²) in [5.74, 6) is -0.294. The lowest BCUT2D eigenvalue weighted by Crippen LogP contribution is -2.62. The zero-order chi connectivity index (χ0) is 64.2. The Labute approximate surface area is 568 Å². The highest BCUT2D eigenvalue weighted by Crippen LogP contribution is 2.63. The van der Waals surface area contributed by atoms with Gasteiger partial charge in [-0.05, 0) is 189 Å². The van der Waals surface area contributed by atoms with Gasteiger partial charge in [-0.1, -0.05) is 328 Å². The molecule has 1 aliphatic carbocycles. The van der Waals surface area contributed by atoms with Gasteiger partial charge in [0.2, 0.25) is 0 Å². The molecule has 0 bridgehead atoms. The molecule has 0 amide bonds. The molecule has 0 fully saturated rings. The van der Waals surface area contributed by atoms with E-state index in [4.69, 9.17) is 0 Å². The number of anilines is 4. The number of benzene rings is 16. The molecule has 2 atom stereocenters. The summed E-state index contributed by atoms with van der Waals surface area (Å²) < 4.78 is 0. The Morgan fingerprint density at radius 1 is 0.278 bits per heavy atom. The first-order valence-corrected chi connectivity index (χ1v) is 34.4. The smallest absolute Gasteiger partial charge is 0.129 e. The van der Waals surface area contributed by atoms with E-state index in [1.165, 1.54) is 143 Å². The van der Waals surface area contributed by atoms with Crippen LogP contribution < -0.4 is 9.80 Å². The minimum absolute atomic E-state index is 0.0546. The second-order valence-corrected chi connectivity index (χ2v) is 26.6. The van der Waals surface area contributed by atoms with Gasteiger partial charge in [0, 0.05) is 28.4 Å². The highest BCUT2D eigenvalue weighted by atomic mass is 15.4. The number of hydrogen-bond donors (Lipinski definition) is 0. The van der Waals surface area contributed by atoms with Gasteiger partial charge in [-0.15, -0.1) is 0 Å². The molecular weight excluding hydrogens is 1170 g/mol. The number of rotatable bonds is 10. The summed E-state index contributed by atoms with van der Waals surface area (Å²) in [5.41, 5.74) is 23.6. The van der Waals surface area contributed by atoms with Crippen molar-refractivity contribution in [3.05, 3.63) is 386 Å². The van der Waals surface area contributed by atoms with Gasteiger partial charge in [0.05, 0.1) is 11.4 Å².